The van der Waals surface area contributed by atoms with E-state index in [-0.39, 0.29) is 17.2 Å². The lowest BCUT2D eigenvalue weighted by Crippen LogP contribution is -2.65. The Labute approximate surface area is 147 Å². The van der Waals surface area contributed by atoms with Crippen molar-refractivity contribution in [2.45, 2.75) is 12.1 Å². The van der Waals surface area contributed by atoms with Gasteiger partial charge < -0.3 is 14.8 Å². The maximum Gasteiger partial charge on any atom is 0.492 e. The number of carbonyl (C=O) groups excluding carboxylic acids is 1. The number of urea groups is 1. The minimum absolute atomic E-state index is 0.243. The maximum absolute atomic E-state index is 13.5. The number of carbonyl (C=O) groups is 1. The number of nitro benzene ring substituents is 1. The molecule has 1 aliphatic rings. The smallest absolute Gasteiger partial charge is 0.424 e. The summed E-state index contributed by atoms with van der Waals surface area (Å²) in [5.74, 6) is -5.15. The standard InChI is InChI=1S/C15H9F4N3O5/c16-9-6-5-8(7-10(9)22(24)25)20-13(23)21-15(14(17,18)19)26-11-3-1-2-4-12(11)27-15/h1-7H,(H2,20,21,23). The van der Waals surface area contributed by atoms with Crippen LogP contribution in [0.4, 0.5) is 33.7 Å². The number of fused-ring (bicyclic) bond motifs is 1. The van der Waals surface area contributed by atoms with Gasteiger partial charge >= 0.3 is 23.8 Å². The molecule has 0 aromatic heterocycles. The van der Waals surface area contributed by atoms with Crippen LogP contribution in [-0.4, -0.2) is 23.0 Å². The highest BCUT2D eigenvalue weighted by Gasteiger charge is 2.65. The lowest BCUT2D eigenvalue weighted by Gasteiger charge is -2.29. The van der Waals surface area contributed by atoms with Crippen molar-refractivity contribution >= 4 is 17.4 Å². The summed E-state index contributed by atoms with van der Waals surface area (Å²) in [6, 6.07) is 6.08. The molecular weight excluding hydrogens is 378 g/mol. The Morgan fingerprint density at radius 1 is 1.11 bits per heavy atom. The van der Waals surface area contributed by atoms with Gasteiger partial charge in [-0.05, 0) is 24.3 Å². The fourth-order valence-electron chi connectivity index (χ4n) is 2.23. The number of ether oxygens (including phenoxy) is 2. The summed E-state index contributed by atoms with van der Waals surface area (Å²) in [7, 11) is 0. The van der Waals surface area contributed by atoms with Crippen LogP contribution in [0, 0.1) is 15.9 Å². The Balaban J connectivity index is 1.81. The highest BCUT2D eigenvalue weighted by atomic mass is 19.4. The highest BCUT2D eigenvalue weighted by Crippen LogP contribution is 2.44. The van der Waals surface area contributed by atoms with Crippen LogP contribution >= 0.6 is 0 Å². The number of hydrogen-bond donors (Lipinski definition) is 2. The van der Waals surface area contributed by atoms with Crippen LogP contribution in [0.5, 0.6) is 11.5 Å². The van der Waals surface area contributed by atoms with Gasteiger partial charge in [0.15, 0.2) is 11.5 Å². The van der Waals surface area contributed by atoms with E-state index in [0.29, 0.717) is 12.1 Å². The van der Waals surface area contributed by atoms with Crippen LogP contribution in [0.2, 0.25) is 0 Å². The number of hydrogen-bond acceptors (Lipinski definition) is 5. The molecule has 0 unspecified atom stereocenters. The molecule has 142 valence electrons. The van der Waals surface area contributed by atoms with E-state index < -0.39 is 34.5 Å². The molecule has 8 nitrogen and oxygen atoms in total. The molecule has 0 bridgehead atoms. The maximum atomic E-state index is 13.5. The normalized spacial score (nSPS) is 14.5. The van der Waals surface area contributed by atoms with Gasteiger partial charge in [-0.1, -0.05) is 12.1 Å². The van der Waals surface area contributed by atoms with Gasteiger partial charge in [0, 0.05) is 11.8 Å². The highest BCUT2D eigenvalue weighted by molar-refractivity contribution is 5.90. The Morgan fingerprint density at radius 3 is 2.22 bits per heavy atom. The summed E-state index contributed by atoms with van der Waals surface area (Å²) < 4.78 is 63.2. The van der Waals surface area contributed by atoms with Crippen LogP contribution in [0.3, 0.4) is 0 Å². The molecular formula is C15H9F4N3O5. The monoisotopic (exact) mass is 387 g/mol. The molecule has 2 aromatic rings. The molecule has 0 saturated carbocycles. The molecule has 1 aliphatic heterocycles. The van der Waals surface area contributed by atoms with E-state index in [1.165, 1.54) is 29.6 Å². The van der Waals surface area contributed by atoms with Crippen LogP contribution in [0.1, 0.15) is 0 Å². The summed E-state index contributed by atoms with van der Waals surface area (Å²) in [5.41, 5.74) is -1.27. The average molecular weight is 387 g/mol. The summed E-state index contributed by atoms with van der Waals surface area (Å²) in [6.45, 7) is 0. The van der Waals surface area contributed by atoms with Gasteiger partial charge in [-0.25, -0.2) is 4.79 Å². The van der Waals surface area contributed by atoms with Gasteiger partial charge in [0.2, 0.25) is 5.82 Å². The molecule has 0 atom stereocenters. The molecule has 2 amide bonds. The third kappa shape index (κ3) is 3.41. The van der Waals surface area contributed by atoms with Gasteiger partial charge in [-0.3, -0.25) is 15.4 Å². The molecule has 0 aliphatic carbocycles. The molecule has 3 rings (SSSR count). The lowest BCUT2D eigenvalue weighted by atomic mass is 10.2. The third-order valence-electron chi connectivity index (χ3n) is 3.41. The molecule has 2 N–H and O–H groups in total. The van der Waals surface area contributed by atoms with Crippen molar-refractivity contribution in [2.24, 2.45) is 0 Å². The van der Waals surface area contributed by atoms with E-state index in [2.05, 4.69) is 0 Å². The SMILES string of the molecule is O=C(Nc1ccc(F)c([N+](=O)[O-])c1)NC1(C(F)(F)F)Oc2ccccc2O1. The lowest BCUT2D eigenvalue weighted by molar-refractivity contribution is -0.387. The molecule has 0 saturated heterocycles. The van der Waals surface area contributed by atoms with Crippen molar-refractivity contribution in [1.82, 2.24) is 5.32 Å². The summed E-state index contributed by atoms with van der Waals surface area (Å²) in [5, 5.41) is 14.1. The van der Waals surface area contributed by atoms with E-state index in [4.69, 9.17) is 9.47 Å². The van der Waals surface area contributed by atoms with Crippen molar-refractivity contribution in [3.8, 4) is 11.5 Å². The second-order valence-electron chi connectivity index (χ2n) is 5.27. The number of alkyl halides is 3. The minimum Gasteiger partial charge on any atom is -0.424 e. The predicted octanol–water partition coefficient (Wildman–Crippen LogP) is 3.54. The van der Waals surface area contributed by atoms with Crippen molar-refractivity contribution in [2.75, 3.05) is 5.32 Å². The number of nitro groups is 1. The van der Waals surface area contributed by atoms with Gasteiger partial charge in [-0.2, -0.15) is 17.6 Å². The average Bonchev–Trinajstić information content (AvgIpc) is 2.95. The van der Waals surface area contributed by atoms with Crippen molar-refractivity contribution in [3.63, 3.8) is 0 Å². The third-order valence-corrected chi connectivity index (χ3v) is 3.41. The number of nitrogens with one attached hydrogen (secondary N) is 2. The second-order valence-corrected chi connectivity index (χ2v) is 5.27. The zero-order valence-corrected chi connectivity index (χ0v) is 13.0. The van der Waals surface area contributed by atoms with Gasteiger partial charge in [0.05, 0.1) is 4.92 Å². The molecule has 0 spiro atoms. The second kappa shape index (κ2) is 6.30. The fourth-order valence-corrected chi connectivity index (χ4v) is 2.23. The van der Waals surface area contributed by atoms with E-state index in [1.54, 1.807) is 0 Å². The number of anilines is 1. The topological polar surface area (TPSA) is 103 Å². The van der Waals surface area contributed by atoms with Crippen molar-refractivity contribution < 1.29 is 36.8 Å². The van der Waals surface area contributed by atoms with E-state index in [0.717, 1.165) is 6.07 Å². The molecule has 27 heavy (non-hydrogen) atoms. The zero-order chi connectivity index (χ0) is 19.8. The first-order valence-electron chi connectivity index (χ1n) is 7.18. The van der Waals surface area contributed by atoms with E-state index >= 15 is 0 Å². The summed E-state index contributed by atoms with van der Waals surface area (Å²) in [6.07, 6.45) is -5.17. The van der Waals surface area contributed by atoms with E-state index in [1.807, 2.05) is 5.32 Å². The fraction of sp³-hybridized carbons (Fsp3) is 0.133. The number of halogens is 4. The zero-order valence-electron chi connectivity index (χ0n) is 13.0. The Morgan fingerprint density at radius 2 is 1.70 bits per heavy atom. The first-order valence-corrected chi connectivity index (χ1v) is 7.18. The summed E-state index contributed by atoms with van der Waals surface area (Å²) in [4.78, 5) is 21.6. The number of benzene rings is 2. The minimum atomic E-state index is -5.17. The molecule has 0 fully saturated rings. The Hall–Kier alpha value is -3.57. The quantitative estimate of drug-likeness (QED) is 0.476. The van der Waals surface area contributed by atoms with E-state index in [9.17, 15) is 32.5 Å². The van der Waals surface area contributed by atoms with Crippen LogP contribution in [-0.2, 0) is 0 Å². The summed E-state index contributed by atoms with van der Waals surface area (Å²) >= 11 is 0. The van der Waals surface area contributed by atoms with Gasteiger partial charge in [0.25, 0.3) is 0 Å². The van der Waals surface area contributed by atoms with Crippen LogP contribution in [0.15, 0.2) is 42.5 Å². The van der Waals surface area contributed by atoms with Gasteiger partial charge in [0.1, 0.15) is 0 Å². The largest absolute Gasteiger partial charge is 0.492 e. The number of para-hydroxylation sites is 2. The number of rotatable bonds is 3. The van der Waals surface area contributed by atoms with Crippen LogP contribution in [0.25, 0.3) is 0 Å². The van der Waals surface area contributed by atoms with Crippen molar-refractivity contribution in [3.05, 3.63) is 58.4 Å². The number of nitrogens with zero attached hydrogens (tertiary/aromatic N) is 1. The molecule has 1 heterocycles. The Kier molecular flexibility index (Phi) is 4.25. The molecule has 2 aromatic carbocycles. The Bertz CT molecular complexity index is 894. The predicted molar refractivity (Wildman–Crippen MR) is 81.7 cm³/mol. The molecule has 12 heteroatoms. The molecule has 0 radical (unpaired) electrons. The number of amides is 2. The first kappa shape index (κ1) is 18.2. The first-order chi connectivity index (χ1) is 12.6. The van der Waals surface area contributed by atoms with Crippen LogP contribution < -0.4 is 20.1 Å². The van der Waals surface area contributed by atoms with Gasteiger partial charge in [-0.15, -0.1) is 0 Å². The van der Waals surface area contributed by atoms with Crippen molar-refractivity contribution in [1.29, 1.82) is 0 Å².